The fraction of sp³-hybridized carbons (Fsp3) is 0.222. The normalized spacial score (nSPS) is 15.9. The number of hydrogen-bond acceptors (Lipinski definition) is 5. The number of nitrogens with one attached hydrogen (secondary N) is 1. The summed E-state index contributed by atoms with van der Waals surface area (Å²) in [5.74, 6) is 0.844. The fourth-order valence-corrected chi connectivity index (χ4v) is 3.11. The number of ether oxygens (including phenoxy) is 2. The Balaban J connectivity index is 1.59. The number of anilines is 1. The molecule has 0 fully saturated rings. The minimum Gasteiger partial charge on any atom is -0.485 e. The number of halogens is 1. The van der Waals surface area contributed by atoms with Crippen molar-refractivity contribution in [3.8, 4) is 11.5 Å². The van der Waals surface area contributed by atoms with Gasteiger partial charge in [0.2, 0.25) is 6.10 Å². The van der Waals surface area contributed by atoms with Crippen LogP contribution in [0.5, 0.6) is 11.5 Å². The second kappa shape index (κ2) is 7.57. The van der Waals surface area contributed by atoms with Gasteiger partial charge in [-0.25, -0.2) is 5.43 Å². The Hall–Kier alpha value is -2.54. The lowest BCUT2D eigenvalue weighted by Crippen LogP contribution is -2.42. The molecule has 0 radical (unpaired) electrons. The number of hydrogen-bond donors (Lipinski definition) is 1. The van der Waals surface area contributed by atoms with Gasteiger partial charge >= 0.3 is 0 Å². The van der Waals surface area contributed by atoms with Crippen LogP contribution in [0.3, 0.4) is 0 Å². The SMILES string of the molecule is CN(C)c1ccc(C=NNC(=O)C2COc3ccccc3O2)cc1Br. The van der Waals surface area contributed by atoms with Crippen LogP contribution in [0, 0.1) is 0 Å². The third kappa shape index (κ3) is 4.11. The van der Waals surface area contributed by atoms with E-state index in [-0.39, 0.29) is 12.5 Å². The van der Waals surface area contributed by atoms with E-state index in [1.165, 1.54) is 0 Å². The molecule has 0 spiro atoms. The lowest BCUT2D eigenvalue weighted by molar-refractivity contribution is -0.130. The van der Waals surface area contributed by atoms with Crippen molar-refractivity contribution >= 4 is 33.7 Å². The number of carbonyl (C=O) groups is 1. The van der Waals surface area contributed by atoms with Gasteiger partial charge in [-0.15, -0.1) is 0 Å². The number of fused-ring (bicyclic) bond motifs is 1. The van der Waals surface area contributed by atoms with Crippen LogP contribution in [0.1, 0.15) is 5.56 Å². The average molecular weight is 404 g/mol. The van der Waals surface area contributed by atoms with Crippen LogP contribution >= 0.6 is 15.9 Å². The average Bonchev–Trinajstić information content (AvgIpc) is 2.61. The molecule has 3 rings (SSSR count). The minimum atomic E-state index is -0.727. The van der Waals surface area contributed by atoms with Crippen molar-refractivity contribution in [2.24, 2.45) is 5.10 Å². The van der Waals surface area contributed by atoms with Crippen molar-refractivity contribution in [1.82, 2.24) is 5.43 Å². The van der Waals surface area contributed by atoms with Crippen LogP contribution in [0.25, 0.3) is 0 Å². The lowest BCUT2D eigenvalue weighted by Gasteiger charge is -2.24. The van der Waals surface area contributed by atoms with Gasteiger partial charge in [-0.3, -0.25) is 4.79 Å². The van der Waals surface area contributed by atoms with Gasteiger partial charge in [-0.2, -0.15) is 5.10 Å². The maximum atomic E-state index is 12.2. The summed E-state index contributed by atoms with van der Waals surface area (Å²) in [7, 11) is 3.94. The monoisotopic (exact) mass is 403 g/mol. The molecule has 0 aromatic heterocycles. The predicted molar refractivity (Wildman–Crippen MR) is 101 cm³/mol. The van der Waals surface area contributed by atoms with Crippen LogP contribution in [-0.2, 0) is 4.79 Å². The highest BCUT2D eigenvalue weighted by atomic mass is 79.9. The van der Waals surface area contributed by atoms with Gasteiger partial charge in [-0.1, -0.05) is 18.2 Å². The van der Waals surface area contributed by atoms with Gasteiger partial charge in [0, 0.05) is 18.6 Å². The van der Waals surface area contributed by atoms with Crippen molar-refractivity contribution in [1.29, 1.82) is 0 Å². The molecule has 6 nitrogen and oxygen atoms in total. The summed E-state index contributed by atoms with van der Waals surface area (Å²) in [6.45, 7) is 0.154. The molecule has 2 aromatic carbocycles. The molecule has 0 saturated carbocycles. The van der Waals surface area contributed by atoms with Crippen molar-refractivity contribution in [2.45, 2.75) is 6.10 Å². The molecule has 1 unspecified atom stereocenters. The minimum absolute atomic E-state index is 0.154. The molecule has 1 heterocycles. The highest BCUT2D eigenvalue weighted by Gasteiger charge is 2.26. The first-order valence-corrected chi connectivity index (χ1v) is 8.52. The van der Waals surface area contributed by atoms with E-state index >= 15 is 0 Å². The van der Waals surface area contributed by atoms with Crippen LogP contribution in [-0.4, -0.2) is 38.9 Å². The zero-order chi connectivity index (χ0) is 17.8. The molecule has 0 aliphatic carbocycles. The largest absolute Gasteiger partial charge is 0.485 e. The van der Waals surface area contributed by atoms with Gasteiger partial charge in [0.1, 0.15) is 6.61 Å². The Bertz CT molecular complexity index is 808. The Labute approximate surface area is 154 Å². The molecule has 130 valence electrons. The number of amides is 1. The van der Waals surface area contributed by atoms with Crippen LogP contribution in [0.15, 0.2) is 52.0 Å². The van der Waals surface area contributed by atoms with E-state index < -0.39 is 6.10 Å². The number of carbonyl (C=O) groups excluding carboxylic acids is 1. The first-order valence-electron chi connectivity index (χ1n) is 7.73. The maximum absolute atomic E-state index is 12.2. The second-order valence-corrected chi connectivity index (χ2v) is 6.56. The Morgan fingerprint density at radius 1 is 1.28 bits per heavy atom. The zero-order valence-electron chi connectivity index (χ0n) is 13.9. The van der Waals surface area contributed by atoms with E-state index in [0.717, 1.165) is 15.7 Å². The van der Waals surface area contributed by atoms with Crippen LogP contribution < -0.4 is 19.8 Å². The second-order valence-electron chi connectivity index (χ2n) is 5.70. The molecule has 1 atom stereocenters. The molecule has 25 heavy (non-hydrogen) atoms. The standard InChI is InChI=1S/C18H18BrN3O3/c1-22(2)14-8-7-12(9-13(14)19)10-20-21-18(23)17-11-24-15-5-3-4-6-16(15)25-17/h3-10,17H,11H2,1-2H3,(H,21,23). The molecular formula is C18H18BrN3O3. The van der Waals surface area contributed by atoms with E-state index in [1.54, 1.807) is 18.3 Å². The summed E-state index contributed by atoms with van der Waals surface area (Å²) >= 11 is 3.52. The van der Waals surface area contributed by atoms with Gasteiger partial charge in [0.05, 0.1) is 11.9 Å². The van der Waals surface area contributed by atoms with E-state index in [4.69, 9.17) is 9.47 Å². The summed E-state index contributed by atoms with van der Waals surface area (Å²) in [5, 5.41) is 3.99. The van der Waals surface area contributed by atoms with Crippen molar-refractivity contribution < 1.29 is 14.3 Å². The van der Waals surface area contributed by atoms with Crippen molar-refractivity contribution in [2.75, 3.05) is 25.6 Å². The summed E-state index contributed by atoms with van der Waals surface area (Å²) in [4.78, 5) is 14.2. The molecular weight excluding hydrogens is 386 g/mol. The molecule has 1 N–H and O–H groups in total. The first kappa shape index (κ1) is 17.3. The summed E-state index contributed by atoms with van der Waals surface area (Å²) in [6, 6.07) is 13.1. The summed E-state index contributed by atoms with van der Waals surface area (Å²) in [6.07, 6.45) is 0.856. The quantitative estimate of drug-likeness (QED) is 0.629. The number of nitrogens with zero attached hydrogens (tertiary/aromatic N) is 2. The molecule has 2 aromatic rings. The van der Waals surface area contributed by atoms with Gasteiger partial charge in [-0.05, 0) is 45.8 Å². The van der Waals surface area contributed by atoms with E-state index in [2.05, 4.69) is 26.5 Å². The number of rotatable bonds is 4. The van der Waals surface area contributed by atoms with E-state index in [0.29, 0.717) is 11.5 Å². The molecule has 0 bridgehead atoms. The smallest absolute Gasteiger partial charge is 0.284 e. The van der Waals surface area contributed by atoms with Gasteiger partial charge in [0.25, 0.3) is 5.91 Å². The van der Waals surface area contributed by atoms with Crippen molar-refractivity contribution in [3.05, 3.63) is 52.5 Å². The predicted octanol–water partition coefficient (Wildman–Crippen LogP) is 2.81. The molecule has 1 aliphatic heterocycles. The molecule has 0 saturated heterocycles. The highest BCUT2D eigenvalue weighted by Crippen LogP contribution is 2.30. The Kier molecular flexibility index (Phi) is 5.23. The molecule has 1 aliphatic rings. The van der Waals surface area contributed by atoms with Gasteiger partial charge < -0.3 is 14.4 Å². The Morgan fingerprint density at radius 3 is 2.76 bits per heavy atom. The van der Waals surface area contributed by atoms with Crippen molar-refractivity contribution in [3.63, 3.8) is 0 Å². The maximum Gasteiger partial charge on any atom is 0.284 e. The Morgan fingerprint density at radius 2 is 2.04 bits per heavy atom. The molecule has 7 heteroatoms. The topological polar surface area (TPSA) is 63.2 Å². The lowest BCUT2D eigenvalue weighted by atomic mass is 10.2. The van der Waals surface area contributed by atoms with Gasteiger partial charge in [0.15, 0.2) is 11.5 Å². The van der Waals surface area contributed by atoms with Crippen LogP contribution in [0.2, 0.25) is 0 Å². The number of benzene rings is 2. The number of hydrazone groups is 1. The third-order valence-electron chi connectivity index (χ3n) is 3.64. The number of para-hydroxylation sites is 2. The first-order chi connectivity index (χ1) is 12.0. The summed E-state index contributed by atoms with van der Waals surface area (Å²) < 4.78 is 12.1. The third-order valence-corrected chi connectivity index (χ3v) is 4.28. The van der Waals surface area contributed by atoms with E-state index in [9.17, 15) is 4.79 Å². The highest BCUT2D eigenvalue weighted by molar-refractivity contribution is 9.10. The summed E-state index contributed by atoms with van der Waals surface area (Å²) in [5.41, 5.74) is 4.42. The fourth-order valence-electron chi connectivity index (χ4n) is 2.36. The molecule has 1 amide bonds. The van der Waals surface area contributed by atoms with E-state index in [1.807, 2.05) is 49.3 Å². The zero-order valence-corrected chi connectivity index (χ0v) is 15.5. The van der Waals surface area contributed by atoms with Crippen LogP contribution in [0.4, 0.5) is 5.69 Å².